The van der Waals surface area contributed by atoms with Crippen LogP contribution in [-0.2, 0) is 4.79 Å². The van der Waals surface area contributed by atoms with Crippen molar-refractivity contribution in [2.75, 3.05) is 0 Å². The Kier molecular flexibility index (Phi) is 3.81. The molecule has 0 spiro atoms. The maximum atomic E-state index is 10.6. The molecule has 80 valence electrons. The number of carbonyl (C=O) groups is 1. The van der Waals surface area contributed by atoms with Gasteiger partial charge in [-0.15, -0.1) is 0 Å². The lowest BCUT2D eigenvalue weighted by Crippen LogP contribution is -2.99. The Morgan fingerprint density at radius 3 is 2.73 bits per heavy atom. The van der Waals surface area contributed by atoms with E-state index in [1.807, 2.05) is 0 Å². The van der Waals surface area contributed by atoms with Gasteiger partial charge in [-0.2, -0.15) is 5.23 Å². The number of rotatable bonds is 3. The van der Waals surface area contributed by atoms with Gasteiger partial charge in [-0.05, 0) is 17.7 Å². The Morgan fingerprint density at radius 1 is 1.53 bits per heavy atom. The number of aliphatic carboxylic acids is 1. The molecule has 0 bridgehead atoms. The number of hydrogen-bond acceptors (Lipinski definition) is 3. The quantitative estimate of drug-likeness (QED) is 0.530. The molecular weight excluding hydrogens is 222 g/mol. The zero-order chi connectivity index (χ0) is 11.4. The summed E-state index contributed by atoms with van der Waals surface area (Å²) in [7, 11) is 0. The molecule has 0 aliphatic heterocycles. The van der Waals surface area contributed by atoms with Crippen LogP contribution in [0.1, 0.15) is 5.56 Å². The van der Waals surface area contributed by atoms with Gasteiger partial charge in [0.15, 0.2) is 5.69 Å². The number of hydrogen-bond donors (Lipinski definition) is 3. The first-order valence-electron chi connectivity index (χ1n) is 3.94. The van der Waals surface area contributed by atoms with Gasteiger partial charge >= 0.3 is 5.97 Å². The lowest BCUT2D eigenvalue weighted by molar-refractivity contribution is -0.991. The van der Waals surface area contributed by atoms with Gasteiger partial charge in [0.05, 0.1) is 0 Å². The minimum atomic E-state index is -1.12. The van der Waals surface area contributed by atoms with Crippen LogP contribution in [0.4, 0.5) is 5.69 Å². The molecule has 0 saturated carbocycles. The second-order valence-corrected chi connectivity index (χ2v) is 3.12. The zero-order valence-electron chi connectivity index (χ0n) is 7.48. The van der Waals surface area contributed by atoms with E-state index in [2.05, 4.69) is 0 Å². The van der Waals surface area contributed by atoms with E-state index >= 15 is 0 Å². The Bertz CT molecular complexity index is 403. The third kappa shape index (κ3) is 3.34. The number of benzene rings is 1. The highest BCUT2D eigenvalue weighted by Crippen LogP contribution is 2.19. The normalized spacial score (nSPS) is 13.0. The molecule has 3 N–H and O–H groups in total. The zero-order valence-corrected chi connectivity index (χ0v) is 8.23. The Hall–Kier alpha value is -1.40. The molecule has 0 aliphatic carbocycles. The molecule has 0 aromatic heterocycles. The molecule has 1 aromatic carbocycles. The average Bonchev–Trinajstić information content (AvgIpc) is 2.16. The van der Waals surface area contributed by atoms with Gasteiger partial charge in [0.2, 0.25) is 0 Å². The van der Waals surface area contributed by atoms with Gasteiger partial charge in [-0.1, -0.05) is 11.6 Å². The molecule has 1 rings (SSSR count). The van der Waals surface area contributed by atoms with E-state index in [0.29, 0.717) is 10.6 Å². The monoisotopic (exact) mass is 229 g/mol. The average molecular weight is 230 g/mol. The Labute approximate surface area is 90.4 Å². The van der Waals surface area contributed by atoms with Crippen LogP contribution in [0.2, 0.25) is 5.02 Å². The van der Waals surface area contributed by atoms with E-state index in [-0.39, 0.29) is 5.69 Å². The highest BCUT2D eigenvalue weighted by molar-refractivity contribution is 6.32. The minimum absolute atomic E-state index is 0.0597. The SMILES string of the molecule is O=C(O)C=Cc1cc([NH+]([O-])O)ccc1Cl. The molecule has 1 aromatic rings. The summed E-state index contributed by atoms with van der Waals surface area (Å²) in [5.74, 6) is -1.12. The summed E-state index contributed by atoms with van der Waals surface area (Å²) in [6, 6.07) is 4.07. The van der Waals surface area contributed by atoms with E-state index in [1.165, 1.54) is 24.3 Å². The summed E-state index contributed by atoms with van der Waals surface area (Å²) in [4.78, 5) is 10.3. The lowest BCUT2D eigenvalue weighted by Gasteiger charge is -2.12. The predicted molar refractivity (Wildman–Crippen MR) is 53.9 cm³/mol. The Morgan fingerprint density at radius 2 is 2.20 bits per heavy atom. The van der Waals surface area contributed by atoms with Crippen molar-refractivity contribution in [3.8, 4) is 0 Å². The fraction of sp³-hybridized carbons (Fsp3) is 0. The van der Waals surface area contributed by atoms with Crippen molar-refractivity contribution in [2.24, 2.45) is 0 Å². The highest BCUT2D eigenvalue weighted by atomic mass is 35.5. The summed E-state index contributed by atoms with van der Waals surface area (Å²) in [6.07, 6.45) is 2.14. The van der Waals surface area contributed by atoms with Crippen LogP contribution in [0.15, 0.2) is 24.3 Å². The molecule has 0 saturated heterocycles. The third-order valence-corrected chi connectivity index (χ3v) is 1.99. The summed E-state index contributed by atoms with van der Waals surface area (Å²) >= 11 is 5.75. The molecule has 0 amide bonds. The van der Waals surface area contributed by atoms with E-state index in [9.17, 15) is 10.0 Å². The molecule has 0 heterocycles. The van der Waals surface area contributed by atoms with Crippen molar-refractivity contribution >= 4 is 29.3 Å². The van der Waals surface area contributed by atoms with E-state index in [1.54, 1.807) is 0 Å². The van der Waals surface area contributed by atoms with Crippen LogP contribution < -0.4 is 5.23 Å². The molecule has 0 aliphatic rings. The van der Waals surface area contributed by atoms with Crippen LogP contribution in [0.25, 0.3) is 6.08 Å². The van der Waals surface area contributed by atoms with Gasteiger partial charge in [-0.3, -0.25) is 0 Å². The fourth-order valence-corrected chi connectivity index (χ4v) is 1.15. The summed E-state index contributed by atoms with van der Waals surface area (Å²) < 4.78 is 0. The first kappa shape index (κ1) is 11.7. The molecule has 15 heavy (non-hydrogen) atoms. The Balaban J connectivity index is 3.05. The van der Waals surface area contributed by atoms with Crippen molar-refractivity contribution in [1.29, 1.82) is 0 Å². The van der Waals surface area contributed by atoms with Gasteiger partial charge in [0, 0.05) is 23.2 Å². The van der Waals surface area contributed by atoms with Crippen molar-refractivity contribution in [3.05, 3.63) is 40.1 Å². The first-order chi connectivity index (χ1) is 7.00. The van der Waals surface area contributed by atoms with Gasteiger partial charge in [0.25, 0.3) is 0 Å². The van der Waals surface area contributed by atoms with Crippen molar-refractivity contribution in [2.45, 2.75) is 0 Å². The highest BCUT2D eigenvalue weighted by Gasteiger charge is 2.04. The maximum absolute atomic E-state index is 10.6. The number of carboxylic acid groups (broad SMARTS) is 1. The van der Waals surface area contributed by atoms with Gasteiger partial charge in [0.1, 0.15) is 0 Å². The van der Waals surface area contributed by atoms with Crippen LogP contribution in [0.3, 0.4) is 0 Å². The molecule has 6 heteroatoms. The van der Waals surface area contributed by atoms with Crippen LogP contribution in [0.5, 0.6) is 0 Å². The third-order valence-electron chi connectivity index (χ3n) is 1.65. The minimum Gasteiger partial charge on any atom is -0.595 e. The topological polar surface area (TPSA) is 85.0 Å². The molecule has 0 fully saturated rings. The molecule has 5 nitrogen and oxygen atoms in total. The second-order valence-electron chi connectivity index (χ2n) is 2.71. The largest absolute Gasteiger partial charge is 0.595 e. The fourth-order valence-electron chi connectivity index (χ4n) is 0.966. The summed E-state index contributed by atoms with van der Waals surface area (Å²) in [5, 5.41) is 26.9. The number of carboxylic acids is 1. The summed E-state index contributed by atoms with van der Waals surface area (Å²) in [6.45, 7) is 0. The standard InChI is InChI=1S/C9H8ClNO4/c10-8-3-2-7(11(14)15)5-6(8)1-4-9(12)13/h1-5,11,14H,(H,12,13). The lowest BCUT2D eigenvalue weighted by atomic mass is 10.2. The van der Waals surface area contributed by atoms with Crippen LogP contribution >= 0.6 is 11.6 Å². The van der Waals surface area contributed by atoms with E-state index in [4.69, 9.17) is 21.9 Å². The molecular formula is C9H8ClNO4. The summed E-state index contributed by atoms with van der Waals surface area (Å²) in [5.41, 5.74) is 0.420. The van der Waals surface area contributed by atoms with E-state index in [0.717, 1.165) is 6.08 Å². The van der Waals surface area contributed by atoms with E-state index < -0.39 is 11.2 Å². The van der Waals surface area contributed by atoms with Crippen molar-refractivity contribution < 1.29 is 20.3 Å². The molecule has 1 atom stereocenters. The second kappa shape index (κ2) is 4.90. The molecule has 1 unspecified atom stereocenters. The van der Waals surface area contributed by atoms with Crippen molar-refractivity contribution in [1.82, 2.24) is 0 Å². The predicted octanol–water partition coefficient (Wildman–Crippen LogP) is 0.841. The molecule has 0 radical (unpaired) electrons. The number of nitrogens with one attached hydrogen (secondary N) is 1. The van der Waals surface area contributed by atoms with Gasteiger partial charge in [-0.25, -0.2) is 10.0 Å². The smallest absolute Gasteiger partial charge is 0.328 e. The number of quaternary nitrogens is 1. The van der Waals surface area contributed by atoms with Crippen LogP contribution in [-0.4, -0.2) is 16.3 Å². The van der Waals surface area contributed by atoms with Gasteiger partial charge < -0.3 is 10.3 Å². The maximum Gasteiger partial charge on any atom is 0.328 e. The van der Waals surface area contributed by atoms with Crippen molar-refractivity contribution in [3.63, 3.8) is 0 Å². The van der Waals surface area contributed by atoms with Crippen LogP contribution in [0, 0.1) is 5.21 Å². The number of halogens is 1. The first-order valence-corrected chi connectivity index (χ1v) is 4.32.